The second-order valence-corrected chi connectivity index (χ2v) is 4.60. The number of nitrogens with zero attached hydrogens (tertiary/aromatic N) is 1. The molecule has 104 valence electrons. The molecule has 1 saturated heterocycles. The van der Waals surface area contributed by atoms with Crippen molar-refractivity contribution in [3.63, 3.8) is 0 Å². The Kier molecular flexibility index (Phi) is 5.32. The molecule has 1 amide bonds. The number of benzene rings is 1. The number of carbonyl (C=O) groups excluding carboxylic acids is 1. The minimum Gasteiger partial charge on any atom is -0.379 e. The Morgan fingerprint density at radius 1 is 1.32 bits per heavy atom. The summed E-state index contributed by atoms with van der Waals surface area (Å²) in [5.41, 5.74) is 0.563. The summed E-state index contributed by atoms with van der Waals surface area (Å²) in [4.78, 5) is 14.0. The molecule has 0 radical (unpaired) electrons. The molecule has 1 unspecified atom stereocenters. The number of rotatable bonds is 5. The van der Waals surface area contributed by atoms with Crippen LogP contribution >= 0.6 is 0 Å². The molecule has 1 heterocycles. The van der Waals surface area contributed by atoms with E-state index in [1.54, 1.807) is 24.3 Å². The van der Waals surface area contributed by atoms with Crippen LogP contribution in [0, 0.1) is 0 Å². The summed E-state index contributed by atoms with van der Waals surface area (Å²) >= 11 is 0. The first-order chi connectivity index (χ1) is 9.25. The summed E-state index contributed by atoms with van der Waals surface area (Å²) in [5.74, 6) is -0.241. The molecule has 0 bridgehead atoms. The highest BCUT2D eigenvalue weighted by atomic mass is 16.5. The van der Waals surface area contributed by atoms with E-state index in [0.717, 1.165) is 32.8 Å². The number of nitrogens with one attached hydrogen (secondary N) is 1. The SMILES string of the molecule is O=C(NC(O)CCN1CCOCC1)c1ccccc1. The van der Waals surface area contributed by atoms with Crippen LogP contribution in [0.4, 0.5) is 0 Å². The second-order valence-electron chi connectivity index (χ2n) is 4.60. The van der Waals surface area contributed by atoms with E-state index in [0.29, 0.717) is 12.0 Å². The monoisotopic (exact) mass is 264 g/mol. The van der Waals surface area contributed by atoms with Crippen molar-refractivity contribution in [3.8, 4) is 0 Å². The third kappa shape index (κ3) is 4.63. The zero-order valence-corrected chi connectivity index (χ0v) is 10.9. The van der Waals surface area contributed by atoms with Gasteiger partial charge in [0.05, 0.1) is 13.2 Å². The zero-order valence-electron chi connectivity index (χ0n) is 10.9. The fourth-order valence-electron chi connectivity index (χ4n) is 2.03. The van der Waals surface area contributed by atoms with Gasteiger partial charge in [-0.25, -0.2) is 0 Å². The van der Waals surface area contributed by atoms with Crippen molar-refractivity contribution < 1.29 is 14.6 Å². The summed E-state index contributed by atoms with van der Waals surface area (Å²) in [6.45, 7) is 4.03. The molecule has 1 aromatic carbocycles. The van der Waals surface area contributed by atoms with Gasteiger partial charge in [-0.1, -0.05) is 18.2 Å². The highest BCUT2D eigenvalue weighted by Gasteiger charge is 2.14. The van der Waals surface area contributed by atoms with E-state index in [1.807, 2.05) is 6.07 Å². The largest absolute Gasteiger partial charge is 0.379 e. The molecule has 0 saturated carbocycles. The maximum atomic E-state index is 11.8. The van der Waals surface area contributed by atoms with Gasteiger partial charge in [0.1, 0.15) is 6.23 Å². The van der Waals surface area contributed by atoms with Crippen LogP contribution in [0.1, 0.15) is 16.8 Å². The topological polar surface area (TPSA) is 61.8 Å². The molecule has 2 rings (SSSR count). The molecule has 1 aliphatic heterocycles. The summed E-state index contributed by atoms with van der Waals surface area (Å²) in [6, 6.07) is 8.91. The molecular weight excluding hydrogens is 244 g/mol. The Balaban J connectivity index is 1.71. The predicted molar refractivity (Wildman–Crippen MR) is 71.8 cm³/mol. The average molecular weight is 264 g/mol. The van der Waals surface area contributed by atoms with Gasteiger partial charge in [0.15, 0.2) is 0 Å². The number of aliphatic hydroxyl groups is 1. The molecule has 1 aromatic rings. The number of ether oxygens (including phenoxy) is 1. The van der Waals surface area contributed by atoms with Crippen LogP contribution in [0.15, 0.2) is 30.3 Å². The van der Waals surface area contributed by atoms with Gasteiger partial charge >= 0.3 is 0 Å². The van der Waals surface area contributed by atoms with E-state index < -0.39 is 6.23 Å². The standard InChI is InChI=1S/C14H20N2O3/c17-13(6-7-16-8-10-19-11-9-16)15-14(18)12-4-2-1-3-5-12/h1-5,13,17H,6-11H2,(H,15,18). The normalized spacial score (nSPS) is 17.9. The lowest BCUT2D eigenvalue weighted by molar-refractivity contribution is 0.0268. The van der Waals surface area contributed by atoms with Crippen molar-refractivity contribution in [2.24, 2.45) is 0 Å². The van der Waals surface area contributed by atoms with Crippen LogP contribution in [-0.2, 0) is 4.74 Å². The molecule has 1 aliphatic rings. The first kappa shape index (κ1) is 14.0. The van der Waals surface area contributed by atoms with Crippen molar-refractivity contribution in [2.45, 2.75) is 12.6 Å². The maximum Gasteiger partial charge on any atom is 0.253 e. The van der Waals surface area contributed by atoms with Crippen molar-refractivity contribution in [1.82, 2.24) is 10.2 Å². The fraction of sp³-hybridized carbons (Fsp3) is 0.500. The molecule has 0 spiro atoms. The van der Waals surface area contributed by atoms with Crippen molar-refractivity contribution in [3.05, 3.63) is 35.9 Å². The second kappa shape index (κ2) is 7.23. The van der Waals surface area contributed by atoms with Gasteiger partial charge in [-0.2, -0.15) is 0 Å². The molecular formula is C14H20N2O3. The van der Waals surface area contributed by atoms with Crippen LogP contribution < -0.4 is 5.32 Å². The first-order valence-electron chi connectivity index (χ1n) is 6.60. The lowest BCUT2D eigenvalue weighted by Gasteiger charge is -2.27. The Morgan fingerprint density at radius 3 is 2.68 bits per heavy atom. The Labute approximate surface area is 113 Å². The number of morpholine rings is 1. The van der Waals surface area contributed by atoms with Gasteiger partial charge in [-0.05, 0) is 12.1 Å². The highest BCUT2D eigenvalue weighted by molar-refractivity contribution is 5.94. The van der Waals surface area contributed by atoms with Crippen molar-refractivity contribution in [2.75, 3.05) is 32.8 Å². The molecule has 1 fully saturated rings. The molecule has 2 N–H and O–H groups in total. The van der Waals surface area contributed by atoms with Crippen molar-refractivity contribution in [1.29, 1.82) is 0 Å². The Hall–Kier alpha value is -1.43. The summed E-state index contributed by atoms with van der Waals surface area (Å²) in [6.07, 6.45) is -0.283. The number of hydrogen-bond acceptors (Lipinski definition) is 4. The smallest absolute Gasteiger partial charge is 0.253 e. The summed E-state index contributed by atoms with van der Waals surface area (Å²) < 4.78 is 5.25. The van der Waals surface area contributed by atoms with Gasteiger partial charge in [-0.15, -0.1) is 0 Å². The first-order valence-corrected chi connectivity index (χ1v) is 6.60. The molecule has 5 nitrogen and oxygen atoms in total. The third-order valence-electron chi connectivity index (χ3n) is 3.16. The zero-order chi connectivity index (χ0) is 13.5. The molecule has 19 heavy (non-hydrogen) atoms. The fourth-order valence-corrected chi connectivity index (χ4v) is 2.03. The van der Waals surface area contributed by atoms with Gasteiger partial charge < -0.3 is 15.2 Å². The van der Waals surface area contributed by atoms with Gasteiger partial charge in [-0.3, -0.25) is 9.69 Å². The van der Waals surface area contributed by atoms with Gasteiger partial charge in [0, 0.05) is 31.6 Å². The van der Waals surface area contributed by atoms with Crippen LogP contribution in [0.3, 0.4) is 0 Å². The summed E-state index contributed by atoms with van der Waals surface area (Å²) in [7, 11) is 0. The van der Waals surface area contributed by atoms with Crippen molar-refractivity contribution >= 4 is 5.91 Å². The molecule has 0 aliphatic carbocycles. The van der Waals surface area contributed by atoms with Gasteiger partial charge in [0.25, 0.3) is 5.91 Å². The summed E-state index contributed by atoms with van der Waals surface area (Å²) in [5, 5.41) is 12.4. The van der Waals surface area contributed by atoms with E-state index in [4.69, 9.17) is 4.74 Å². The number of carbonyl (C=O) groups is 1. The lowest BCUT2D eigenvalue weighted by Crippen LogP contribution is -2.41. The van der Waals surface area contributed by atoms with E-state index in [9.17, 15) is 9.90 Å². The quantitative estimate of drug-likeness (QED) is 0.758. The number of hydrogen-bond donors (Lipinski definition) is 2. The van der Waals surface area contributed by atoms with E-state index >= 15 is 0 Å². The van der Waals surface area contributed by atoms with Gasteiger partial charge in [0.2, 0.25) is 0 Å². The molecule has 0 aromatic heterocycles. The highest BCUT2D eigenvalue weighted by Crippen LogP contribution is 2.02. The van der Waals surface area contributed by atoms with Crippen LogP contribution in [0.25, 0.3) is 0 Å². The number of amides is 1. The minimum absolute atomic E-state index is 0.241. The number of aliphatic hydroxyl groups excluding tert-OH is 1. The van der Waals surface area contributed by atoms with E-state index in [-0.39, 0.29) is 5.91 Å². The van der Waals surface area contributed by atoms with E-state index in [2.05, 4.69) is 10.2 Å². The van der Waals surface area contributed by atoms with Crippen LogP contribution in [0.2, 0.25) is 0 Å². The average Bonchev–Trinajstić information content (AvgIpc) is 2.47. The van der Waals surface area contributed by atoms with Crippen LogP contribution in [0.5, 0.6) is 0 Å². The Bertz CT molecular complexity index is 391. The lowest BCUT2D eigenvalue weighted by atomic mass is 10.2. The predicted octanol–water partition coefficient (Wildman–Crippen LogP) is 0.457. The van der Waals surface area contributed by atoms with E-state index in [1.165, 1.54) is 0 Å². The maximum absolute atomic E-state index is 11.8. The molecule has 5 heteroatoms. The molecule has 1 atom stereocenters. The Morgan fingerprint density at radius 2 is 2.00 bits per heavy atom. The minimum atomic E-state index is -0.810. The van der Waals surface area contributed by atoms with Crippen LogP contribution in [-0.4, -0.2) is 55.0 Å². The third-order valence-corrected chi connectivity index (χ3v) is 3.16.